The van der Waals surface area contributed by atoms with E-state index in [4.69, 9.17) is 31.3 Å². The molecular weight excluding hydrogens is 394 g/mol. The Labute approximate surface area is 148 Å². The Balaban J connectivity index is 2.09. The Morgan fingerprint density at radius 2 is 1.96 bits per heavy atom. The van der Waals surface area contributed by atoms with E-state index in [-0.39, 0.29) is 28.8 Å². The molecule has 0 radical (unpaired) electrons. The lowest BCUT2D eigenvalue weighted by atomic mass is 9.93. The minimum Gasteiger partial charge on any atom is -0.352 e. The smallest absolute Gasteiger partial charge is 0.340 e. The van der Waals surface area contributed by atoms with Gasteiger partial charge in [-0.1, -0.05) is 13.8 Å². The molecule has 1 fully saturated rings. The third kappa shape index (κ3) is 5.42. The Morgan fingerprint density at radius 1 is 1.32 bits per heavy atom. The van der Waals surface area contributed by atoms with Crippen LogP contribution in [0.1, 0.15) is 20.1 Å². The number of hydrogen-bond donors (Lipinski definition) is 4. The maximum Gasteiger partial charge on any atom is 0.340 e. The maximum atomic E-state index is 11.7. The highest BCUT2D eigenvalue weighted by molar-refractivity contribution is 7.71. The molecular formula is C12H20N2O8P2S. The second-order valence-electron chi connectivity index (χ2n) is 6.04. The number of hydrogen-bond acceptors (Lipinski definition) is 6. The van der Waals surface area contributed by atoms with Gasteiger partial charge in [0.05, 0.1) is 12.7 Å². The van der Waals surface area contributed by atoms with E-state index in [1.807, 2.05) is 13.8 Å². The average molecular weight is 414 g/mol. The zero-order valence-electron chi connectivity index (χ0n) is 13.5. The molecule has 0 aliphatic carbocycles. The molecule has 1 aliphatic heterocycles. The van der Waals surface area contributed by atoms with Gasteiger partial charge >= 0.3 is 15.2 Å². The highest BCUT2D eigenvalue weighted by Crippen LogP contribution is 2.55. The van der Waals surface area contributed by atoms with E-state index in [0.717, 1.165) is 0 Å². The van der Waals surface area contributed by atoms with Crippen molar-refractivity contribution in [3.05, 3.63) is 27.4 Å². The first-order chi connectivity index (χ1) is 11.4. The first kappa shape index (κ1) is 20.7. The largest absolute Gasteiger partial charge is 0.352 e. The summed E-state index contributed by atoms with van der Waals surface area (Å²) in [6, 6.07) is 1.31. The summed E-state index contributed by atoms with van der Waals surface area (Å²) in [6.07, 6.45) is 0.419. The summed E-state index contributed by atoms with van der Waals surface area (Å²) in [5.41, 5.74) is -0.335. The summed E-state index contributed by atoms with van der Waals surface area (Å²) in [4.78, 5) is 40.9. The molecule has 1 aromatic rings. The first-order valence-electron chi connectivity index (χ1n) is 7.37. The molecule has 10 nitrogen and oxygen atoms in total. The van der Waals surface area contributed by atoms with E-state index in [1.54, 1.807) is 4.57 Å². The van der Waals surface area contributed by atoms with Crippen molar-refractivity contribution in [3.8, 4) is 0 Å². The molecule has 0 bridgehead atoms. The van der Waals surface area contributed by atoms with Crippen molar-refractivity contribution in [3.63, 3.8) is 0 Å². The van der Waals surface area contributed by atoms with Crippen LogP contribution in [-0.2, 0) is 18.4 Å². The SMILES string of the molecule is C[C@@H]1[C@H](C)[C@@H](COP(=O)(O)CP(=O)(O)O)O[C@H]1n1ccc(=O)[nH]c1=S. The molecule has 5 atom stereocenters. The molecule has 13 heteroatoms. The maximum absolute atomic E-state index is 11.7. The number of nitrogens with zero attached hydrogens (tertiary/aromatic N) is 1. The van der Waals surface area contributed by atoms with Gasteiger partial charge in [0.2, 0.25) is 0 Å². The van der Waals surface area contributed by atoms with Crippen LogP contribution in [0.25, 0.3) is 0 Å². The molecule has 25 heavy (non-hydrogen) atoms. The monoisotopic (exact) mass is 414 g/mol. The number of ether oxygens (including phenoxy) is 1. The van der Waals surface area contributed by atoms with Crippen LogP contribution >= 0.6 is 27.4 Å². The van der Waals surface area contributed by atoms with Gasteiger partial charge in [0.1, 0.15) is 6.23 Å². The predicted octanol–water partition coefficient (Wildman–Crippen LogP) is 1.41. The van der Waals surface area contributed by atoms with E-state index in [9.17, 15) is 18.8 Å². The van der Waals surface area contributed by atoms with E-state index in [1.165, 1.54) is 12.3 Å². The summed E-state index contributed by atoms with van der Waals surface area (Å²) < 4.78 is 35.1. The normalized spacial score (nSPS) is 29.5. The van der Waals surface area contributed by atoms with Crippen molar-refractivity contribution in [1.82, 2.24) is 9.55 Å². The summed E-state index contributed by atoms with van der Waals surface area (Å²) >= 11 is 5.11. The lowest BCUT2D eigenvalue weighted by Crippen LogP contribution is -2.22. The minimum absolute atomic E-state index is 0.0499. The molecule has 2 rings (SSSR count). The minimum atomic E-state index is -4.68. The lowest BCUT2D eigenvalue weighted by Gasteiger charge is -2.19. The Morgan fingerprint density at radius 3 is 2.52 bits per heavy atom. The van der Waals surface area contributed by atoms with E-state index >= 15 is 0 Å². The van der Waals surface area contributed by atoms with Crippen LogP contribution in [0.2, 0.25) is 0 Å². The highest BCUT2D eigenvalue weighted by Gasteiger charge is 2.42. The summed E-state index contributed by atoms with van der Waals surface area (Å²) in [6.45, 7) is 3.46. The van der Waals surface area contributed by atoms with Crippen LogP contribution in [-0.4, -0.2) is 42.8 Å². The zero-order chi connectivity index (χ0) is 19.0. The van der Waals surface area contributed by atoms with E-state index < -0.39 is 33.4 Å². The molecule has 142 valence electrons. The van der Waals surface area contributed by atoms with Gasteiger partial charge in [0.15, 0.2) is 10.7 Å². The highest BCUT2D eigenvalue weighted by atomic mass is 32.1. The third-order valence-corrected chi connectivity index (χ3v) is 7.88. The van der Waals surface area contributed by atoms with Crippen LogP contribution in [0.4, 0.5) is 0 Å². The summed E-state index contributed by atoms with van der Waals surface area (Å²) in [5, 5.41) is 0. The number of aromatic nitrogens is 2. The average Bonchev–Trinajstić information content (AvgIpc) is 2.71. The second kappa shape index (κ2) is 7.54. The molecule has 4 N–H and O–H groups in total. The standard InChI is InChI=1S/C12H20N2O8P2S/c1-7-8(2)11(14-4-3-10(15)13-12(14)25)22-9(7)5-21-24(19,20)6-23(16,17)18/h3-4,7-9,11H,5-6H2,1-2H3,(H,19,20)(H,13,15,25)(H2,16,17,18)/t7-,8+,9+,11+/m0/s1. The van der Waals surface area contributed by atoms with Gasteiger partial charge < -0.3 is 23.9 Å². The van der Waals surface area contributed by atoms with Gasteiger partial charge in [-0.05, 0) is 18.1 Å². The van der Waals surface area contributed by atoms with Crippen LogP contribution in [0.3, 0.4) is 0 Å². The Kier molecular flexibility index (Phi) is 6.23. The molecule has 1 saturated heterocycles. The lowest BCUT2D eigenvalue weighted by molar-refractivity contribution is -0.0335. The molecule has 0 aromatic carbocycles. The van der Waals surface area contributed by atoms with E-state index in [2.05, 4.69) is 4.98 Å². The van der Waals surface area contributed by atoms with Crippen LogP contribution in [0.15, 0.2) is 17.1 Å². The van der Waals surface area contributed by atoms with Gasteiger partial charge in [-0.25, -0.2) is 0 Å². The van der Waals surface area contributed by atoms with Gasteiger partial charge in [0.25, 0.3) is 5.56 Å². The van der Waals surface area contributed by atoms with Gasteiger partial charge in [-0.2, -0.15) is 0 Å². The summed E-state index contributed by atoms with van der Waals surface area (Å²) in [7, 11) is -9.12. The fourth-order valence-electron chi connectivity index (χ4n) is 2.63. The van der Waals surface area contributed by atoms with Gasteiger partial charge in [0, 0.05) is 18.2 Å². The molecule has 2 heterocycles. The van der Waals surface area contributed by atoms with Crippen LogP contribution < -0.4 is 5.56 Å². The fraction of sp³-hybridized carbons (Fsp3) is 0.667. The fourth-order valence-corrected chi connectivity index (χ4v) is 5.46. The second-order valence-corrected chi connectivity index (χ2v) is 10.4. The van der Waals surface area contributed by atoms with Gasteiger partial charge in [-0.15, -0.1) is 0 Å². The van der Waals surface area contributed by atoms with Crippen molar-refractivity contribution in [2.45, 2.75) is 26.2 Å². The molecule has 1 aromatic heterocycles. The van der Waals surface area contributed by atoms with Crippen molar-refractivity contribution in [2.24, 2.45) is 11.8 Å². The van der Waals surface area contributed by atoms with E-state index in [0.29, 0.717) is 0 Å². The first-order valence-corrected chi connectivity index (χ1v) is 11.3. The topological polar surface area (TPSA) is 151 Å². The molecule has 0 amide bonds. The molecule has 1 aliphatic rings. The quantitative estimate of drug-likeness (QED) is 0.400. The Hall–Kier alpha value is -0.640. The van der Waals surface area contributed by atoms with Crippen LogP contribution in [0.5, 0.6) is 0 Å². The van der Waals surface area contributed by atoms with Crippen LogP contribution in [0, 0.1) is 16.6 Å². The zero-order valence-corrected chi connectivity index (χ0v) is 16.1. The molecule has 0 saturated carbocycles. The molecule has 0 spiro atoms. The van der Waals surface area contributed by atoms with Crippen molar-refractivity contribution in [2.75, 3.05) is 12.5 Å². The number of aromatic amines is 1. The van der Waals surface area contributed by atoms with Crippen molar-refractivity contribution >= 4 is 27.4 Å². The predicted molar refractivity (Wildman–Crippen MR) is 90.8 cm³/mol. The number of rotatable bonds is 6. The van der Waals surface area contributed by atoms with Gasteiger partial charge in [-0.3, -0.25) is 23.5 Å². The summed E-state index contributed by atoms with van der Waals surface area (Å²) in [5.74, 6) is -1.38. The van der Waals surface area contributed by atoms with Crippen molar-refractivity contribution in [1.29, 1.82) is 0 Å². The number of H-pyrrole nitrogens is 1. The van der Waals surface area contributed by atoms with Crippen molar-refractivity contribution < 1.29 is 33.1 Å². The molecule has 1 unspecified atom stereocenters. The third-order valence-electron chi connectivity index (χ3n) is 4.11. The Bertz CT molecular complexity index is 833. The number of nitrogens with one attached hydrogen (secondary N) is 1.